The van der Waals surface area contributed by atoms with Gasteiger partial charge in [-0.15, -0.1) is 0 Å². The van der Waals surface area contributed by atoms with Gasteiger partial charge in [-0.25, -0.2) is 0 Å². The summed E-state index contributed by atoms with van der Waals surface area (Å²) >= 11 is 0. The summed E-state index contributed by atoms with van der Waals surface area (Å²) in [5.41, 5.74) is 0. The van der Waals surface area contributed by atoms with Crippen molar-refractivity contribution in [3.05, 3.63) is 0 Å². The van der Waals surface area contributed by atoms with E-state index in [1.807, 2.05) is 0 Å². The molecule has 1 saturated carbocycles. The molecule has 0 radical (unpaired) electrons. The molecule has 4 atom stereocenters. The second-order valence-corrected chi connectivity index (χ2v) is 4.17. The van der Waals surface area contributed by atoms with Gasteiger partial charge in [0.15, 0.2) is 0 Å². The predicted octanol–water partition coefficient (Wildman–Crippen LogP) is -17.7. The van der Waals surface area contributed by atoms with Gasteiger partial charge in [0.25, 0.3) is 0 Å². The van der Waals surface area contributed by atoms with Crippen molar-refractivity contribution in [1.29, 1.82) is 0 Å². The van der Waals surface area contributed by atoms with Crippen LogP contribution in [0.4, 0.5) is 0 Å². The number of carboxylic acid groups (broad SMARTS) is 4. The van der Waals surface area contributed by atoms with E-state index in [0.717, 1.165) is 0 Å². The summed E-state index contributed by atoms with van der Waals surface area (Å²) in [5, 5.41) is 42.9. The van der Waals surface area contributed by atoms with Gasteiger partial charge in [-0.2, -0.15) is 0 Å². The second-order valence-electron chi connectivity index (χ2n) is 4.17. The molecule has 0 N–H and O–H groups in total. The van der Waals surface area contributed by atoms with E-state index in [-0.39, 0.29) is 118 Å². The zero-order chi connectivity index (χ0) is 14.0. The van der Waals surface area contributed by atoms with Crippen molar-refractivity contribution in [3.8, 4) is 0 Å². The van der Waals surface area contributed by atoms with Crippen molar-refractivity contribution < 1.29 is 158 Å². The molecule has 12 heteroatoms. The second kappa shape index (κ2) is 14.1. The van der Waals surface area contributed by atoms with Gasteiger partial charge in [-0.1, -0.05) is 0 Å². The molecule has 0 bridgehead atoms. The van der Waals surface area contributed by atoms with Crippen LogP contribution in [0.2, 0.25) is 0 Å². The topological polar surface area (TPSA) is 161 Å². The average Bonchev–Trinajstić information content (AvgIpc) is 2.26. The van der Waals surface area contributed by atoms with Crippen molar-refractivity contribution in [1.82, 2.24) is 0 Å². The molecular formula is C10H8Na4O8. The monoisotopic (exact) mass is 348 g/mol. The van der Waals surface area contributed by atoms with E-state index in [9.17, 15) is 39.6 Å². The zero-order valence-electron chi connectivity index (χ0n) is 13.0. The first-order valence-corrected chi connectivity index (χ1v) is 5.09. The Kier molecular flexibility index (Phi) is 20.3. The maximum atomic E-state index is 10.7. The van der Waals surface area contributed by atoms with E-state index in [0.29, 0.717) is 0 Å². The van der Waals surface area contributed by atoms with E-state index in [2.05, 4.69) is 0 Å². The SMILES string of the molecule is O=C([O-])C1CC(C(=O)[O-])C(C(=O)[O-])CC1C(=O)[O-].[Na+].[Na+].[Na+].[Na+]. The van der Waals surface area contributed by atoms with Crippen LogP contribution in [0.15, 0.2) is 0 Å². The van der Waals surface area contributed by atoms with Gasteiger partial charge in [-0.3, -0.25) is 0 Å². The Labute approximate surface area is 214 Å². The minimum Gasteiger partial charge on any atom is -0.550 e. The van der Waals surface area contributed by atoms with Gasteiger partial charge in [-0.05, 0) is 12.8 Å². The van der Waals surface area contributed by atoms with Gasteiger partial charge < -0.3 is 39.6 Å². The molecule has 1 aliphatic rings. The standard InChI is InChI=1S/C10H12O8.4Na/c11-7(12)3-1-4(8(13)14)6(10(17)18)2-5(3)9(15)16;;;;/h3-6H,1-2H2,(H,11,12)(H,13,14)(H,15,16)(H,17,18);;;;/q;4*+1/p-4. The molecule has 0 heterocycles. The minimum absolute atomic E-state index is 0. The molecule has 100 valence electrons. The molecule has 4 unspecified atom stereocenters. The number of hydrogen-bond donors (Lipinski definition) is 0. The Morgan fingerprint density at radius 2 is 0.636 bits per heavy atom. The van der Waals surface area contributed by atoms with Crippen molar-refractivity contribution in [2.24, 2.45) is 23.7 Å². The molecular weight excluding hydrogens is 340 g/mol. The van der Waals surface area contributed by atoms with Crippen molar-refractivity contribution in [2.45, 2.75) is 12.8 Å². The molecule has 0 aromatic carbocycles. The van der Waals surface area contributed by atoms with E-state index in [4.69, 9.17) is 0 Å². The summed E-state index contributed by atoms with van der Waals surface area (Å²) in [6.45, 7) is 0. The fourth-order valence-electron chi connectivity index (χ4n) is 2.25. The van der Waals surface area contributed by atoms with Gasteiger partial charge in [0, 0.05) is 47.5 Å². The van der Waals surface area contributed by atoms with Crippen LogP contribution in [-0.4, -0.2) is 23.9 Å². The summed E-state index contributed by atoms with van der Waals surface area (Å²) in [5.74, 6) is -13.5. The van der Waals surface area contributed by atoms with E-state index in [1.165, 1.54) is 0 Å². The fourth-order valence-corrected chi connectivity index (χ4v) is 2.25. The predicted molar refractivity (Wildman–Crippen MR) is 43.2 cm³/mol. The first kappa shape index (κ1) is 31.6. The Balaban J connectivity index is -0.000000405. The molecule has 0 aromatic rings. The normalized spacial score (nSPS) is 25.8. The van der Waals surface area contributed by atoms with Gasteiger partial charge in [0.1, 0.15) is 0 Å². The van der Waals surface area contributed by atoms with Crippen LogP contribution in [0.1, 0.15) is 12.8 Å². The molecule has 0 saturated heterocycles. The van der Waals surface area contributed by atoms with E-state index < -0.39 is 60.4 Å². The quantitative estimate of drug-likeness (QED) is 0.453. The maximum absolute atomic E-state index is 10.7. The molecule has 22 heavy (non-hydrogen) atoms. The molecule has 0 amide bonds. The largest absolute Gasteiger partial charge is 1.00 e. The van der Waals surface area contributed by atoms with Crippen molar-refractivity contribution >= 4 is 23.9 Å². The number of hydrogen-bond acceptors (Lipinski definition) is 8. The Hall–Kier alpha value is 1.88. The third kappa shape index (κ3) is 8.31. The summed E-state index contributed by atoms with van der Waals surface area (Å²) in [7, 11) is 0. The van der Waals surface area contributed by atoms with Crippen LogP contribution < -0.4 is 139 Å². The van der Waals surface area contributed by atoms with Crippen LogP contribution in [0.25, 0.3) is 0 Å². The average molecular weight is 348 g/mol. The number of aliphatic carboxylic acids is 4. The Morgan fingerprint density at radius 3 is 0.727 bits per heavy atom. The van der Waals surface area contributed by atoms with Crippen LogP contribution in [-0.2, 0) is 19.2 Å². The first-order chi connectivity index (χ1) is 8.25. The summed E-state index contributed by atoms with van der Waals surface area (Å²) < 4.78 is 0. The molecule has 0 aliphatic heterocycles. The van der Waals surface area contributed by atoms with Gasteiger partial charge in [0.2, 0.25) is 0 Å². The van der Waals surface area contributed by atoms with Gasteiger partial charge >= 0.3 is 118 Å². The summed E-state index contributed by atoms with van der Waals surface area (Å²) in [6.07, 6.45) is -1.38. The fraction of sp³-hybridized carbons (Fsp3) is 0.600. The third-order valence-corrected chi connectivity index (χ3v) is 3.20. The molecule has 0 spiro atoms. The number of rotatable bonds is 4. The molecule has 1 fully saturated rings. The van der Waals surface area contributed by atoms with Crippen LogP contribution in [0.3, 0.4) is 0 Å². The Bertz CT molecular complexity index is 342. The number of carbonyl (C=O) groups excluding carboxylic acids is 4. The van der Waals surface area contributed by atoms with Gasteiger partial charge in [0.05, 0.1) is 0 Å². The molecule has 0 aromatic heterocycles. The van der Waals surface area contributed by atoms with Crippen molar-refractivity contribution in [2.75, 3.05) is 0 Å². The number of carboxylic acids is 4. The van der Waals surface area contributed by atoms with Crippen molar-refractivity contribution in [3.63, 3.8) is 0 Å². The Morgan fingerprint density at radius 1 is 0.500 bits per heavy atom. The molecule has 8 nitrogen and oxygen atoms in total. The maximum Gasteiger partial charge on any atom is 1.00 e. The van der Waals surface area contributed by atoms with E-state index >= 15 is 0 Å². The minimum atomic E-state index is -1.76. The summed E-state index contributed by atoms with van der Waals surface area (Å²) in [6, 6.07) is 0. The third-order valence-electron chi connectivity index (χ3n) is 3.20. The van der Waals surface area contributed by atoms with Crippen LogP contribution >= 0.6 is 0 Å². The van der Waals surface area contributed by atoms with E-state index in [1.54, 1.807) is 0 Å². The molecule has 1 aliphatic carbocycles. The van der Waals surface area contributed by atoms with Crippen LogP contribution in [0, 0.1) is 23.7 Å². The zero-order valence-corrected chi connectivity index (χ0v) is 21.0. The first-order valence-electron chi connectivity index (χ1n) is 5.09. The number of carbonyl (C=O) groups is 4. The van der Waals surface area contributed by atoms with Crippen LogP contribution in [0.5, 0.6) is 0 Å². The smallest absolute Gasteiger partial charge is 0.550 e. The molecule has 1 rings (SSSR count). The summed E-state index contributed by atoms with van der Waals surface area (Å²) in [4.78, 5) is 42.9.